The van der Waals surface area contributed by atoms with Crippen LogP contribution in [0.2, 0.25) is 5.02 Å². The van der Waals surface area contributed by atoms with Gasteiger partial charge in [-0.1, -0.05) is 31.5 Å². The van der Waals surface area contributed by atoms with E-state index in [0.29, 0.717) is 23.9 Å². The lowest BCUT2D eigenvalue weighted by atomic mass is 10.2. The second-order valence-electron chi connectivity index (χ2n) is 6.09. The van der Waals surface area contributed by atoms with Crippen LogP contribution in [0.5, 0.6) is 5.75 Å². The minimum atomic E-state index is -3.87. The second kappa shape index (κ2) is 8.42. The molecule has 140 valence electrons. The summed E-state index contributed by atoms with van der Waals surface area (Å²) in [7, 11) is -2.39. The van der Waals surface area contributed by atoms with E-state index in [2.05, 4.69) is 10.0 Å². The molecule has 0 aliphatic rings. The average molecular weight is 397 g/mol. The Kier molecular flexibility index (Phi) is 6.50. The van der Waals surface area contributed by atoms with Gasteiger partial charge in [-0.3, -0.25) is 9.52 Å². The maximum Gasteiger partial charge on any atom is 0.261 e. The molecule has 0 fully saturated rings. The molecular weight excluding hydrogens is 376 g/mol. The van der Waals surface area contributed by atoms with Gasteiger partial charge in [-0.2, -0.15) is 0 Å². The second-order valence-corrected chi connectivity index (χ2v) is 8.18. The van der Waals surface area contributed by atoms with E-state index in [1.54, 1.807) is 18.2 Å². The topological polar surface area (TPSA) is 84.5 Å². The number of methoxy groups -OCH3 is 1. The summed E-state index contributed by atoms with van der Waals surface area (Å²) < 4.78 is 32.7. The molecule has 0 atom stereocenters. The van der Waals surface area contributed by atoms with Crippen molar-refractivity contribution in [1.29, 1.82) is 0 Å². The first kappa shape index (κ1) is 20.1. The molecule has 1 amide bonds. The molecule has 0 unspecified atom stereocenters. The quantitative estimate of drug-likeness (QED) is 0.749. The van der Waals surface area contributed by atoms with Crippen LogP contribution in [-0.2, 0) is 10.0 Å². The minimum absolute atomic E-state index is 0.0124. The third-order valence-electron chi connectivity index (χ3n) is 3.48. The van der Waals surface area contributed by atoms with Gasteiger partial charge in [0.2, 0.25) is 0 Å². The van der Waals surface area contributed by atoms with E-state index < -0.39 is 10.0 Å². The van der Waals surface area contributed by atoms with Gasteiger partial charge in [0.25, 0.3) is 15.9 Å². The Hall–Kier alpha value is -2.25. The fraction of sp³-hybridized carbons (Fsp3) is 0.278. The van der Waals surface area contributed by atoms with Crippen LogP contribution in [0, 0.1) is 5.92 Å². The zero-order valence-electron chi connectivity index (χ0n) is 14.7. The van der Waals surface area contributed by atoms with Crippen molar-refractivity contribution in [2.45, 2.75) is 18.7 Å². The van der Waals surface area contributed by atoms with Gasteiger partial charge in [-0.15, -0.1) is 0 Å². The number of anilines is 1. The van der Waals surface area contributed by atoms with Gasteiger partial charge in [-0.25, -0.2) is 8.42 Å². The molecule has 0 bridgehead atoms. The zero-order chi connectivity index (χ0) is 19.3. The van der Waals surface area contributed by atoms with Crippen LogP contribution in [0.15, 0.2) is 47.4 Å². The predicted octanol–water partition coefficient (Wildman–Crippen LogP) is 3.54. The molecule has 2 aromatic rings. The number of hydrogen-bond acceptors (Lipinski definition) is 4. The summed E-state index contributed by atoms with van der Waals surface area (Å²) in [6.07, 6.45) is 0. The van der Waals surface area contributed by atoms with E-state index >= 15 is 0 Å². The monoisotopic (exact) mass is 396 g/mol. The normalized spacial score (nSPS) is 11.3. The van der Waals surface area contributed by atoms with Crippen molar-refractivity contribution in [3.63, 3.8) is 0 Å². The Morgan fingerprint density at radius 3 is 2.54 bits per heavy atom. The number of nitrogens with one attached hydrogen (secondary N) is 2. The highest BCUT2D eigenvalue weighted by atomic mass is 35.5. The van der Waals surface area contributed by atoms with Crippen LogP contribution >= 0.6 is 11.6 Å². The van der Waals surface area contributed by atoms with Crippen LogP contribution < -0.4 is 14.8 Å². The third kappa shape index (κ3) is 5.12. The van der Waals surface area contributed by atoms with Gasteiger partial charge in [0.15, 0.2) is 0 Å². The maximum absolute atomic E-state index is 12.6. The Morgan fingerprint density at radius 1 is 1.19 bits per heavy atom. The number of sulfonamides is 1. The minimum Gasteiger partial charge on any atom is -0.495 e. The molecule has 26 heavy (non-hydrogen) atoms. The summed E-state index contributed by atoms with van der Waals surface area (Å²) in [5, 5.41) is 3.05. The summed E-state index contributed by atoms with van der Waals surface area (Å²) >= 11 is 6.02. The Morgan fingerprint density at radius 2 is 1.92 bits per heavy atom. The van der Waals surface area contributed by atoms with Crippen molar-refractivity contribution in [2.24, 2.45) is 5.92 Å². The van der Waals surface area contributed by atoms with E-state index in [9.17, 15) is 13.2 Å². The number of carbonyl (C=O) groups excluding carboxylic acids is 1. The van der Waals surface area contributed by atoms with E-state index in [1.807, 2.05) is 13.8 Å². The predicted molar refractivity (Wildman–Crippen MR) is 102 cm³/mol. The molecule has 0 aromatic heterocycles. The molecule has 2 rings (SSSR count). The molecule has 2 N–H and O–H groups in total. The summed E-state index contributed by atoms with van der Waals surface area (Å²) in [6, 6.07) is 10.4. The molecular formula is C18H21ClN2O4S. The maximum atomic E-state index is 12.6. The number of benzene rings is 2. The van der Waals surface area contributed by atoms with Gasteiger partial charge in [0.1, 0.15) is 5.75 Å². The van der Waals surface area contributed by atoms with Crippen LogP contribution in [-0.4, -0.2) is 28.0 Å². The number of carbonyl (C=O) groups is 1. The number of ether oxygens (including phenoxy) is 1. The standard InChI is InChI=1S/C18H21ClN2O4S/c1-12(2)11-20-18(22)13-5-4-6-15(9-13)26(23,24)21-14-7-8-17(25-3)16(19)10-14/h4-10,12,21H,11H2,1-3H3,(H,20,22). The number of rotatable bonds is 7. The van der Waals surface area contributed by atoms with Crippen molar-refractivity contribution >= 4 is 33.2 Å². The van der Waals surface area contributed by atoms with E-state index in [1.165, 1.54) is 31.4 Å². The number of amides is 1. The summed E-state index contributed by atoms with van der Waals surface area (Å²) in [6.45, 7) is 4.47. The summed E-state index contributed by atoms with van der Waals surface area (Å²) in [5.41, 5.74) is 0.576. The Bertz CT molecular complexity index is 898. The van der Waals surface area contributed by atoms with Crippen LogP contribution in [0.3, 0.4) is 0 Å². The first-order valence-corrected chi connectivity index (χ1v) is 9.83. The van der Waals surface area contributed by atoms with Gasteiger partial charge < -0.3 is 10.1 Å². The SMILES string of the molecule is COc1ccc(NS(=O)(=O)c2cccc(C(=O)NCC(C)C)c2)cc1Cl. The lowest BCUT2D eigenvalue weighted by Gasteiger charge is -2.11. The molecule has 0 radical (unpaired) electrons. The molecule has 0 aliphatic heterocycles. The highest BCUT2D eigenvalue weighted by Gasteiger charge is 2.17. The molecule has 6 nitrogen and oxygen atoms in total. The zero-order valence-corrected chi connectivity index (χ0v) is 16.3. The Balaban J connectivity index is 2.22. The lowest BCUT2D eigenvalue weighted by molar-refractivity contribution is 0.0949. The smallest absolute Gasteiger partial charge is 0.261 e. The summed E-state index contributed by atoms with van der Waals surface area (Å²) in [4.78, 5) is 12.1. The molecule has 0 heterocycles. The van der Waals surface area contributed by atoms with Crippen molar-refractivity contribution in [3.05, 3.63) is 53.1 Å². The van der Waals surface area contributed by atoms with Gasteiger partial charge >= 0.3 is 0 Å². The number of halogens is 1. The molecule has 0 saturated carbocycles. The Labute approximate surface area is 158 Å². The third-order valence-corrected chi connectivity index (χ3v) is 5.16. The molecule has 0 spiro atoms. The van der Waals surface area contributed by atoms with Crippen molar-refractivity contribution in [1.82, 2.24) is 5.32 Å². The fourth-order valence-electron chi connectivity index (χ4n) is 2.15. The molecule has 0 saturated heterocycles. The first-order valence-electron chi connectivity index (χ1n) is 7.97. The van der Waals surface area contributed by atoms with Gasteiger partial charge in [-0.05, 0) is 42.3 Å². The van der Waals surface area contributed by atoms with E-state index in [4.69, 9.17) is 16.3 Å². The summed E-state index contributed by atoms with van der Waals surface area (Å²) in [5.74, 6) is 0.425. The average Bonchev–Trinajstić information content (AvgIpc) is 2.59. The van der Waals surface area contributed by atoms with Gasteiger partial charge in [0, 0.05) is 12.1 Å². The van der Waals surface area contributed by atoms with Crippen molar-refractivity contribution in [3.8, 4) is 5.75 Å². The molecule has 8 heteroatoms. The molecule has 0 aliphatic carbocycles. The first-order chi connectivity index (χ1) is 12.2. The van der Waals surface area contributed by atoms with E-state index in [-0.39, 0.29) is 21.4 Å². The highest BCUT2D eigenvalue weighted by molar-refractivity contribution is 7.92. The fourth-order valence-corrected chi connectivity index (χ4v) is 3.50. The number of hydrogen-bond donors (Lipinski definition) is 2. The van der Waals surface area contributed by atoms with Gasteiger partial charge in [0.05, 0.1) is 22.7 Å². The molecule has 2 aromatic carbocycles. The lowest BCUT2D eigenvalue weighted by Crippen LogP contribution is -2.27. The van der Waals surface area contributed by atoms with Crippen LogP contribution in [0.1, 0.15) is 24.2 Å². The highest BCUT2D eigenvalue weighted by Crippen LogP contribution is 2.28. The van der Waals surface area contributed by atoms with Crippen LogP contribution in [0.4, 0.5) is 5.69 Å². The van der Waals surface area contributed by atoms with Crippen molar-refractivity contribution in [2.75, 3.05) is 18.4 Å². The van der Waals surface area contributed by atoms with E-state index in [0.717, 1.165) is 0 Å². The largest absolute Gasteiger partial charge is 0.495 e. The van der Waals surface area contributed by atoms with Crippen LogP contribution in [0.25, 0.3) is 0 Å². The van der Waals surface area contributed by atoms with Crippen molar-refractivity contribution < 1.29 is 17.9 Å².